The van der Waals surface area contributed by atoms with Gasteiger partial charge in [0.1, 0.15) is 0 Å². The van der Waals surface area contributed by atoms with Gasteiger partial charge >= 0.3 is 8.56 Å². The summed E-state index contributed by atoms with van der Waals surface area (Å²) in [4.78, 5) is 19.5. The molecule has 2 N–H and O–H groups in total. The lowest BCUT2D eigenvalue weighted by molar-refractivity contribution is 0.379. The van der Waals surface area contributed by atoms with E-state index in [0.29, 0.717) is 23.5 Å². The molecule has 4 heteroatoms. The van der Waals surface area contributed by atoms with Crippen LogP contribution in [0.4, 0.5) is 0 Å². The number of hydrogen-bond donors (Lipinski definition) is 2. The third-order valence-electron chi connectivity index (χ3n) is 1.90. The second-order valence-electron chi connectivity index (χ2n) is 2.98. The van der Waals surface area contributed by atoms with Crippen LogP contribution >= 0.6 is 11.6 Å². The second kappa shape index (κ2) is 4.76. The van der Waals surface area contributed by atoms with Crippen LogP contribution in [0, 0.1) is 0 Å². The van der Waals surface area contributed by atoms with Gasteiger partial charge in [-0.15, -0.1) is 11.6 Å². The lowest BCUT2D eigenvalue weighted by Gasteiger charge is -2.17. The molecule has 0 amide bonds. The van der Waals surface area contributed by atoms with Crippen molar-refractivity contribution in [2.75, 3.05) is 5.88 Å². The Hall–Kier alpha value is -0.353. The van der Waals surface area contributed by atoms with E-state index in [9.17, 15) is 9.59 Å². The van der Waals surface area contributed by atoms with Crippen molar-refractivity contribution in [2.45, 2.75) is 12.5 Å². The maximum absolute atomic E-state index is 9.75. The molecule has 2 nitrogen and oxygen atoms in total. The van der Waals surface area contributed by atoms with Crippen LogP contribution in [-0.2, 0) is 0 Å². The summed E-state index contributed by atoms with van der Waals surface area (Å²) >= 11 is 5.50. The Morgan fingerprint density at radius 2 is 1.77 bits per heavy atom. The number of halogens is 1. The van der Waals surface area contributed by atoms with Gasteiger partial charge in [-0.2, -0.15) is 0 Å². The fraction of sp³-hybridized carbons (Fsp3) is 0.333. The van der Waals surface area contributed by atoms with Gasteiger partial charge in [0.25, 0.3) is 0 Å². The fourth-order valence-electron chi connectivity index (χ4n) is 1.16. The van der Waals surface area contributed by atoms with Crippen LogP contribution in [0.25, 0.3) is 0 Å². The summed E-state index contributed by atoms with van der Waals surface area (Å²) in [5, 5.41) is 0.653. The minimum absolute atomic E-state index is 0.403. The number of rotatable bonds is 4. The first kappa shape index (κ1) is 10.7. The van der Waals surface area contributed by atoms with E-state index >= 15 is 0 Å². The van der Waals surface area contributed by atoms with Gasteiger partial charge in [0.2, 0.25) is 0 Å². The summed E-state index contributed by atoms with van der Waals surface area (Å²) in [5.74, 6) is 0.475. The average Bonchev–Trinajstić information content (AvgIpc) is 2.16. The molecule has 0 radical (unpaired) electrons. The first-order valence-electron chi connectivity index (χ1n) is 4.23. The molecule has 0 heterocycles. The highest BCUT2D eigenvalue weighted by Gasteiger charge is 2.30. The van der Waals surface area contributed by atoms with Crippen LogP contribution in [-0.4, -0.2) is 24.0 Å². The van der Waals surface area contributed by atoms with Gasteiger partial charge in [-0.25, -0.2) is 0 Å². The van der Waals surface area contributed by atoms with Crippen molar-refractivity contribution in [2.24, 2.45) is 0 Å². The Morgan fingerprint density at radius 1 is 1.15 bits per heavy atom. The molecule has 13 heavy (non-hydrogen) atoms. The Balaban J connectivity index is 2.69. The van der Waals surface area contributed by atoms with Gasteiger partial charge in [-0.3, -0.25) is 0 Å². The quantitative estimate of drug-likeness (QED) is 0.581. The fourth-order valence-corrected chi connectivity index (χ4v) is 3.21. The summed E-state index contributed by atoms with van der Waals surface area (Å²) in [6.45, 7) is 0. The molecule has 0 aromatic heterocycles. The van der Waals surface area contributed by atoms with E-state index in [-0.39, 0.29) is 0 Å². The summed E-state index contributed by atoms with van der Waals surface area (Å²) < 4.78 is 0. The summed E-state index contributed by atoms with van der Waals surface area (Å²) in [7, 11) is -3.18. The van der Waals surface area contributed by atoms with Gasteiger partial charge in [0, 0.05) is 5.88 Å². The van der Waals surface area contributed by atoms with Crippen molar-refractivity contribution in [1.82, 2.24) is 0 Å². The van der Waals surface area contributed by atoms with Crippen LogP contribution in [0.2, 0.25) is 6.04 Å². The van der Waals surface area contributed by atoms with Gasteiger partial charge in [0.05, 0.1) is 0 Å². The molecule has 0 saturated carbocycles. The molecule has 72 valence electrons. The SMILES string of the molecule is O[Si](O)(CCCCl)c1ccccc1. The first-order valence-corrected chi connectivity index (χ1v) is 6.86. The molecule has 0 aliphatic rings. The van der Waals surface area contributed by atoms with Crippen LogP contribution < -0.4 is 5.19 Å². The van der Waals surface area contributed by atoms with Crippen molar-refractivity contribution in [3.05, 3.63) is 30.3 Å². The predicted octanol–water partition coefficient (Wildman–Crippen LogP) is 0.949. The molecule has 0 unspecified atom stereocenters. The Bertz CT molecular complexity index is 251. The van der Waals surface area contributed by atoms with E-state index in [0.717, 1.165) is 0 Å². The van der Waals surface area contributed by atoms with E-state index in [1.165, 1.54) is 0 Å². The molecule has 0 fully saturated rings. The third kappa shape index (κ3) is 3.12. The first-order chi connectivity index (χ1) is 6.17. The van der Waals surface area contributed by atoms with E-state index in [2.05, 4.69) is 0 Å². The molecule has 1 aromatic carbocycles. The molecule has 0 bridgehead atoms. The Kier molecular flexibility index (Phi) is 3.93. The average molecular weight is 217 g/mol. The lowest BCUT2D eigenvalue weighted by atomic mass is 10.4. The highest BCUT2D eigenvalue weighted by molar-refractivity contribution is 6.78. The lowest BCUT2D eigenvalue weighted by Crippen LogP contribution is -2.48. The zero-order valence-corrected chi connectivity index (χ0v) is 9.04. The van der Waals surface area contributed by atoms with Crippen molar-refractivity contribution >= 4 is 25.3 Å². The van der Waals surface area contributed by atoms with Gasteiger partial charge in [0.15, 0.2) is 0 Å². The van der Waals surface area contributed by atoms with E-state index in [1.54, 1.807) is 12.1 Å². The molecular formula is C9H13ClO2Si. The molecule has 0 aliphatic heterocycles. The second-order valence-corrected chi connectivity index (χ2v) is 6.06. The highest BCUT2D eigenvalue weighted by Crippen LogP contribution is 2.06. The number of alkyl halides is 1. The zero-order chi connectivity index (χ0) is 9.73. The normalized spacial score (nSPS) is 11.6. The predicted molar refractivity (Wildman–Crippen MR) is 56.4 cm³/mol. The van der Waals surface area contributed by atoms with Crippen LogP contribution in [0.15, 0.2) is 30.3 Å². The third-order valence-corrected chi connectivity index (χ3v) is 4.47. The standard InChI is InChI=1S/C9H13ClO2Si/c10-7-4-8-13(11,12)9-5-2-1-3-6-9/h1-3,5-6,11-12H,4,7-8H2. The van der Waals surface area contributed by atoms with Gasteiger partial charge in [-0.1, -0.05) is 30.3 Å². The minimum Gasteiger partial charge on any atom is -0.407 e. The Morgan fingerprint density at radius 3 is 2.31 bits per heavy atom. The molecule has 1 rings (SSSR count). The monoisotopic (exact) mass is 216 g/mol. The molecule has 1 aromatic rings. The molecule has 0 aliphatic carbocycles. The van der Waals surface area contributed by atoms with Crippen LogP contribution in [0.1, 0.15) is 6.42 Å². The number of benzene rings is 1. The van der Waals surface area contributed by atoms with Crippen molar-refractivity contribution in [3.8, 4) is 0 Å². The smallest absolute Gasteiger partial charge is 0.367 e. The molecular weight excluding hydrogens is 204 g/mol. The maximum atomic E-state index is 9.75. The zero-order valence-electron chi connectivity index (χ0n) is 7.28. The van der Waals surface area contributed by atoms with Crippen molar-refractivity contribution in [3.63, 3.8) is 0 Å². The largest absolute Gasteiger partial charge is 0.407 e. The van der Waals surface area contributed by atoms with Crippen molar-refractivity contribution < 1.29 is 9.59 Å². The van der Waals surface area contributed by atoms with Crippen molar-refractivity contribution in [1.29, 1.82) is 0 Å². The van der Waals surface area contributed by atoms with Crippen LogP contribution in [0.5, 0.6) is 0 Å². The van der Waals surface area contributed by atoms with Gasteiger partial charge < -0.3 is 9.59 Å². The number of hydrogen-bond acceptors (Lipinski definition) is 2. The molecule has 0 atom stereocenters. The minimum atomic E-state index is -3.18. The summed E-state index contributed by atoms with van der Waals surface area (Å²) in [6.07, 6.45) is 0.648. The van der Waals surface area contributed by atoms with Crippen LogP contribution in [0.3, 0.4) is 0 Å². The summed E-state index contributed by atoms with van der Waals surface area (Å²) in [6, 6.07) is 9.38. The van der Waals surface area contributed by atoms with E-state index in [4.69, 9.17) is 11.6 Å². The highest BCUT2D eigenvalue weighted by atomic mass is 35.5. The van der Waals surface area contributed by atoms with E-state index in [1.807, 2.05) is 18.2 Å². The molecule has 0 spiro atoms. The Labute approximate surface area is 84.0 Å². The van der Waals surface area contributed by atoms with Gasteiger partial charge in [-0.05, 0) is 17.7 Å². The molecule has 0 saturated heterocycles. The summed E-state index contributed by atoms with van der Waals surface area (Å²) in [5.41, 5.74) is 0. The maximum Gasteiger partial charge on any atom is 0.367 e. The topological polar surface area (TPSA) is 40.5 Å². The van der Waals surface area contributed by atoms with E-state index < -0.39 is 8.56 Å².